The smallest absolute Gasteiger partial charge is 0.243 e. The Morgan fingerprint density at radius 3 is 2.42 bits per heavy atom. The second kappa shape index (κ2) is 8.58. The summed E-state index contributed by atoms with van der Waals surface area (Å²) in [5, 5.41) is 2.73. The SMILES string of the molecule is CCCNC(=O)CN(C1CCCCC1)S(=O)(=O)c1ccc(F)cc1. The molecule has 0 aliphatic heterocycles. The molecule has 0 atom stereocenters. The van der Waals surface area contributed by atoms with Gasteiger partial charge in [0.05, 0.1) is 11.4 Å². The van der Waals surface area contributed by atoms with Crippen molar-refractivity contribution in [2.75, 3.05) is 13.1 Å². The molecule has 134 valence electrons. The summed E-state index contributed by atoms with van der Waals surface area (Å²) >= 11 is 0. The molecule has 1 aromatic carbocycles. The monoisotopic (exact) mass is 356 g/mol. The van der Waals surface area contributed by atoms with E-state index in [1.165, 1.54) is 16.4 Å². The number of carbonyl (C=O) groups excluding carboxylic acids is 1. The number of benzene rings is 1. The van der Waals surface area contributed by atoms with Gasteiger partial charge < -0.3 is 5.32 Å². The minimum atomic E-state index is -3.83. The van der Waals surface area contributed by atoms with Crippen LogP contribution in [0.2, 0.25) is 0 Å². The molecule has 24 heavy (non-hydrogen) atoms. The van der Waals surface area contributed by atoms with Gasteiger partial charge in [-0.25, -0.2) is 12.8 Å². The molecule has 2 rings (SSSR count). The summed E-state index contributed by atoms with van der Waals surface area (Å²) in [4.78, 5) is 12.1. The number of amides is 1. The number of nitrogens with zero attached hydrogens (tertiary/aromatic N) is 1. The fourth-order valence-corrected chi connectivity index (χ4v) is 4.62. The fourth-order valence-electron chi connectivity index (χ4n) is 2.98. The van der Waals surface area contributed by atoms with Crippen molar-refractivity contribution >= 4 is 15.9 Å². The number of sulfonamides is 1. The standard InChI is InChI=1S/C17H25FN2O3S/c1-2-12-19-17(21)13-20(15-6-4-3-5-7-15)24(22,23)16-10-8-14(18)9-11-16/h8-11,15H,2-7,12-13H2,1H3,(H,19,21). The summed E-state index contributed by atoms with van der Waals surface area (Å²) in [6.07, 6.45) is 5.29. The Hall–Kier alpha value is -1.47. The zero-order valence-electron chi connectivity index (χ0n) is 14.0. The van der Waals surface area contributed by atoms with Crippen molar-refractivity contribution in [3.05, 3.63) is 30.1 Å². The molecule has 0 saturated heterocycles. The van der Waals surface area contributed by atoms with Crippen LogP contribution in [0.3, 0.4) is 0 Å². The van der Waals surface area contributed by atoms with Crippen molar-refractivity contribution in [3.63, 3.8) is 0 Å². The lowest BCUT2D eigenvalue weighted by Gasteiger charge is -2.33. The minimum absolute atomic E-state index is 0.0257. The molecule has 0 unspecified atom stereocenters. The van der Waals surface area contributed by atoms with Gasteiger partial charge in [-0.05, 0) is 43.5 Å². The van der Waals surface area contributed by atoms with Gasteiger partial charge in [-0.3, -0.25) is 4.79 Å². The second-order valence-corrected chi connectivity index (χ2v) is 8.04. The summed E-state index contributed by atoms with van der Waals surface area (Å²) in [5.74, 6) is -0.785. The van der Waals surface area contributed by atoms with Gasteiger partial charge in [0.25, 0.3) is 0 Å². The van der Waals surface area contributed by atoms with Crippen LogP contribution in [0.25, 0.3) is 0 Å². The van der Waals surface area contributed by atoms with Crippen LogP contribution >= 0.6 is 0 Å². The Morgan fingerprint density at radius 2 is 1.83 bits per heavy atom. The Balaban J connectivity index is 2.25. The summed E-state index contributed by atoms with van der Waals surface area (Å²) in [5.41, 5.74) is 0. The molecule has 1 aromatic rings. The van der Waals surface area contributed by atoms with Crippen molar-refractivity contribution in [1.29, 1.82) is 0 Å². The Kier molecular flexibility index (Phi) is 6.74. The molecule has 5 nitrogen and oxygen atoms in total. The first-order valence-electron chi connectivity index (χ1n) is 8.49. The maximum atomic E-state index is 13.1. The highest BCUT2D eigenvalue weighted by atomic mass is 32.2. The average molecular weight is 356 g/mol. The van der Waals surface area contributed by atoms with Crippen LogP contribution in [0.1, 0.15) is 45.4 Å². The van der Waals surface area contributed by atoms with Crippen molar-refractivity contribution in [1.82, 2.24) is 9.62 Å². The summed E-state index contributed by atoms with van der Waals surface area (Å²) < 4.78 is 40.4. The minimum Gasteiger partial charge on any atom is -0.355 e. The molecule has 0 heterocycles. The van der Waals surface area contributed by atoms with Crippen LogP contribution in [0.5, 0.6) is 0 Å². The zero-order valence-corrected chi connectivity index (χ0v) is 14.8. The van der Waals surface area contributed by atoms with Gasteiger partial charge in [0, 0.05) is 12.6 Å². The van der Waals surface area contributed by atoms with Gasteiger partial charge in [-0.1, -0.05) is 26.2 Å². The lowest BCUT2D eigenvalue weighted by molar-refractivity contribution is -0.121. The van der Waals surface area contributed by atoms with E-state index in [1.807, 2.05) is 6.92 Å². The Morgan fingerprint density at radius 1 is 1.21 bits per heavy atom. The number of hydrogen-bond acceptors (Lipinski definition) is 3. The molecule has 1 amide bonds. The first kappa shape index (κ1) is 18.9. The summed E-state index contributed by atoms with van der Waals surface area (Å²) in [6.45, 7) is 2.27. The molecular formula is C17H25FN2O3S. The van der Waals surface area contributed by atoms with E-state index in [4.69, 9.17) is 0 Å². The van der Waals surface area contributed by atoms with Crippen LogP contribution in [0.4, 0.5) is 4.39 Å². The van der Waals surface area contributed by atoms with Crippen LogP contribution in [-0.4, -0.2) is 37.8 Å². The predicted molar refractivity (Wildman–Crippen MR) is 90.5 cm³/mol. The van der Waals surface area contributed by atoms with Crippen molar-refractivity contribution < 1.29 is 17.6 Å². The largest absolute Gasteiger partial charge is 0.355 e. The van der Waals surface area contributed by atoms with Gasteiger partial charge in [-0.15, -0.1) is 0 Å². The highest BCUT2D eigenvalue weighted by Gasteiger charge is 2.33. The molecule has 1 saturated carbocycles. The number of rotatable bonds is 7. The number of nitrogens with one attached hydrogen (secondary N) is 1. The Bertz CT molecular complexity index is 640. The molecule has 0 aromatic heterocycles. The van der Waals surface area contributed by atoms with Crippen molar-refractivity contribution in [2.45, 2.75) is 56.4 Å². The Labute approximate surface area is 143 Å². The fraction of sp³-hybridized carbons (Fsp3) is 0.588. The van der Waals surface area contributed by atoms with E-state index >= 15 is 0 Å². The maximum absolute atomic E-state index is 13.1. The normalized spacial score (nSPS) is 16.3. The van der Waals surface area contributed by atoms with E-state index in [1.54, 1.807) is 0 Å². The van der Waals surface area contributed by atoms with E-state index in [0.29, 0.717) is 6.54 Å². The van der Waals surface area contributed by atoms with Crippen LogP contribution in [0.15, 0.2) is 29.2 Å². The van der Waals surface area contributed by atoms with Gasteiger partial charge in [0.15, 0.2) is 0 Å². The van der Waals surface area contributed by atoms with Crippen molar-refractivity contribution in [3.8, 4) is 0 Å². The van der Waals surface area contributed by atoms with Crippen molar-refractivity contribution in [2.24, 2.45) is 0 Å². The molecular weight excluding hydrogens is 331 g/mol. The third-order valence-electron chi connectivity index (χ3n) is 4.27. The summed E-state index contributed by atoms with van der Waals surface area (Å²) in [6, 6.07) is 4.59. The third kappa shape index (κ3) is 4.77. The molecule has 1 N–H and O–H groups in total. The lowest BCUT2D eigenvalue weighted by Crippen LogP contribution is -2.47. The number of carbonyl (C=O) groups is 1. The van der Waals surface area contributed by atoms with E-state index in [-0.39, 0.29) is 23.4 Å². The quantitative estimate of drug-likeness (QED) is 0.817. The first-order valence-corrected chi connectivity index (χ1v) is 9.93. The third-order valence-corrected chi connectivity index (χ3v) is 6.19. The molecule has 7 heteroatoms. The average Bonchev–Trinajstić information content (AvgIpc) is 2.59. The highest BCUT2D eigenvalue weighted by Crippen LogP contribution is 2.27. The van der Waals surface area contributed by atoms with E-state index in [9.17, 15) is 17.6 Å². The number of halogens is 1. The lowest BCUT2D eigenvalue weighted by atomic mass is 9.95. The molecule has 0 spiro atoms. The van der Waals surface area contributed by atoms with E-state index < -0.39 is 15.8 Å². The maximum Gasteiger partial charge on any atom is 0.243 e. The predicted octanol–water partition coefficient (Wildman–Crippen LogP) is 2.68. The summed E-state index contributed by atoms with van der Waals surface area (Å²) in [7, 11) is -3.83. The molecule has 0 radical (unpaired) electrons. The van der Waals surface area contributed by atoms with Gasteiger partial charge in [0.1, 0.15) is 5.82 Å². The van der Waals surface area contributed by atoms with Crippen LogP contribution in [-0.2, 0) is 14.8 Å². The van der Waals surface area contributed by atoms with Gasteiger partial charge in [-0.2, -0.15) is 4.31 Å². The zero-order chi connectivity index (χ0) is 17.6. The van der Waals surface area contributed by atoms with Gasteiger partial charge >= 0.3 is 0 Å². The van der Waals surface area contributed by atoms with Crippen LogP contribution < -0.4 is 5.32 Å². The van der Waals surface area contributed by atoms with Gasteiger partial charge in [0.2, 0.25) is 15.9 Å². The topological polar surface area (TPSA) is 66.5 Å². The van der Waals surface area contributed by atoms with E-state index in [0.717, 1.165) is 50.7 Å². The molecule has 1 aliphatic carbocycles. The highest BCUT2D eigenvalue weighted by molar-refractivity contribution is 7.89. The molecule has 1 fully saturated rings. The molecule has 1 aliphatic rings. The first-order chi connectivity index (χ1) is 11.4. The van der Waals surface area contributed by atoms with Crippen LogP contribution in [0, 0.1) is 5.82 Å². The number of hydrogen-bond donors (Lipinski definition) is 1. The van der Waals surface area contributed by atoms with E-state index in [2.05, 4.69) is 5.32 Å². The second-order valence-electron chi connectivity index (χ2n) is 6.15. The molecule has 0 bridgehead atoms.